The summed E-state index contributed by atoms with van der Waals surface area (Å²) in [6.45, 7) is 1.72. The molecule has 0 saturated heterocycles. The molecule has 0 aliphatic heterocycles. The highest BCUT2D eigenvalue weighted by Gasteiger charge is 2.34. The van der Waals surface area contributed by atoms with Crippen molar-refractivity contribution in [1.29, 1.82) is 0 Å². The maximum atomic E-state index is 13.5. The van der Waals surface area contributed by atoms with Crippen LogP contribution in [0.5, 0.6) is 0 Å². The summed E-state index contributed by atoms with van der Waals surface area (Å²) in [6, 6.07) is 12.3. The Labute approximate surface area is 170 Å². The van der Waals surface area contributed by atoms with Crippen LogP contribution in [0.2, 0.25) is 0 Å². The second-order valence-corrected chi connectivity index (χ2v) is 6.46. The molecule has 9 heteroatoms. The summed E-state index contributed by atoms with van der Waals surface area (Å²) in [6.07, 6.45) is -2.30. The number of anilines is 2. The Morgan fingerprint density at radius 1 is 1.00 bits per heavy atom. The molecule has 0 saturated carbocycles. The summed E-state index contributed by atoms with van der Waals surface area (Å²) in [4.78, 5) is 24.2. The van der Waals surface area contributed by atoms with E-state index >= 15 is 0 Å². The van der Waals surface area contributed by atoms with Gasteiger partial charge in [-0.05, 0) is 36.8 Å². The van der Waals surface area contributed by atoms with Crippen molar-refractivity contribution >= 4 is 23.3 Å². The lowest BCUT2D eigenvalue weighted by Gasteiger charge is -2.18. The molecule has 1 aromatic heterocycles. The third-order valence-electron chi connectivity index (χ3n) is 4.26. The molecule has 2 aromatic carbocycles. The third-order valence-corrected chi connectivity index (χ3v) is 4.26. The largest absolute Gasteiger partial charge is 0.472 e. The summed E-state index contributed by atoms with van der Waals surface area (Å²) in [5.41, 5.74) is -0.616. The van der Waals surface area contributed by atoms with Gasteiger partial charge in [-0.1, -0.05) is 30.3 Å². The van der Waals surface area contributed by atoms with Crippen LogP contribution in [0.3, 0.4) is 0 Å². The first kappa shape index (κ1) is 21.0. The Morgan fingerprint density at radius 2 is 1.73 bits per heavy atom. The van der Waals surface area contributed by atoms with Gasteiger partial charge in [0, 0.05) is 5.69 Å². The first-order chi connectivity index (χ1) is 14.2. The zero-order chi connectivity index (χ0) is 21.7. The molecule has 0 bridgehead atoms. The topological polar surface area (TPSA) is 83.4 Å². The Bertz CT molecular complexity index is 1020. The molecule has 3 N–H and O–H groups in total. The molecule has 0 spiro atoms. The van der Waals surface area contributed by atoms with Crippen LogP contribution in [0.4, 0.5) is 29.3 Å². The van der Waals surface area contributed by atoms with E-state index in [4.69, 9.17) is 4.42 Å². The molecule has 1 atom stereocenters. The van der Waals surface area contributed by atoms with Gasteiger partial charge in [0.1, 0.15) is 6.26 Å². The van der Waals surface area contributed by atoms with Crippen LogP contribution < -0.4 is 16.0 Å². The Balaban J connectivity index is 1.75. The molecule has 156 valence electrons. The van der Waals surface area contributed by atoms with E-state index < -0.39 is 35.4 Å². The predicted octanol–water partition coefficient (Wildman–Crippen LogP) is 5.43. The van der Waals surface area contributed by atoms with Crippen LogP contribution in [0.15, 0.2) is 71.5 Å². The highest BCUT2D eigenvalue weighted by molar-refractivity contribution is 6.04. The monoisotopic (exact) mass is 417 g/mol. The average Bonchev–Trinajstić information content (AvgIpc) is 3.24. The first-order valence-electron chi connectivity index (χ1n) is 8.91. The number of carbonyl (C=O) groups is 2. The van der Waals surface area contributed by atoms with E-state index in [1.807, 2.05) is 6.07 Å². The second kappa shape index (κ2) is 8.73. The van der Waals surface area contributed by atoms with Gasteiger partial charge < -0.3 is 20.4 Å². The molecule has 0 fully saturated rings. The molecule has 1 unspecified atom stereocenters. The molecular weight excluding hydrogens is 399 g/mol. The lowest BCUT2D eigenvalue weighted by molar-refractivity contribution is -0.136. The van der Waals surface area contributed by atoms with Crippen molar-refractivity contribution in [2.75, 3.05) is 10.6 Å². The maximum absolute atomic E-state index is 13.5. The van der Waals surface area contributed by atoms with Gasteiger partial charge in [0.15, 0.2) is 0 Å². The number of amides is 3. The minimum atomic E-state index is -4.75. The van der Waals surface area contributed by atoms with Crippen molar-refractivity contribution in [2.45, 2.75) is 19.1 Å². The second-order valence-electron chi connectivity index (χ2n) is 6.46. The standard InChI is InChI=1S/C21H18F3N3O3/c1-13(14-5-3-2-4-6-14)25-20(29)27-18-8-7-16(11-17(18)21(22,23)24)26-19(28)15-9-10-30-12-15/h2-13H,1H3,(H,26,28)(H2,25,27,29). The normalized spacial score (nSPS) is 12.1. The van der Waals surface area contributed by atoms with Gasteiger partial charge in [-0.3, -0.25) is 4.79 Å². The van der Waals surface area contributed by atoms with E-state index in [-0.39, 0.29) is 11.3 Å². The lowest BCUT2D eigenvalue weighted by Crippen LogP contribution is -2.32. The summed E-state index contributed by atoms with van der Waals surface area (Å²) in [5, 5.41) is 7.18. The molecule has 0 radical (unpaired) electrons. The molecule has 3 rings (SSSR count). The fraction of sp³-hybridized carbons (Fsp3) is 0.143. The summed E-state index contributed by atoms with van der Waals surface area (Å²) in [5.74, 6) is -0.619. The summed E-state index contributed by atoms with van der Waals surface area (Å²) in [7, 11) is 0. The van der Waals surface area contributed by atoms with E-state index in [1.165, 1.54) is 24.7 Å². The fourth-order valence-corrected chi connectivity index (χ4v) is 2.74. The minimum absolute atomic E-state index is 0.0721. The predicted molar refractivity (Wildman–Crippen MR) is 105 cm³/mol. The van der Waals surface area contributed by atoms with E-state index in [0.717, 1.165) is 17.7 Å². The van der Waals surface area contributed by atoms with E-state index in [9.17, 15) is 22.8 Å². The number of furan rings is 1. The van der Waals surface area contributed by atoms with Crippen molar-refractivity contribution in [3.05, 3.63) is 83.8 Å². The van der Waals surface area contributed by atoms with Gasteiger partial charge >= 0.3 is 12.2 Å². The van der Waals surface area contributed by atoms with Crippen molar-refractivity contribution in [3.63, 3.8) is 0 Å². The zero-order valence-corrected chi connectivity index (χ0v) is 15.8. The Kier molecular flexibility index (Phi) is 6.10. The quantitative estimate of drug-likeness (QED) is 0.517. The molecule has 0 aliphatic carbocycles. The molecule has 30 heavy (non-hydrogen) atoms. The molecule has 1 heterocycles. The van der Waals surface area contributed by atoms with Crippen LogP contribution in [-0.4, -0.2) is 11.9 Å². The van der Waals surface area contributed by atoms with Crippen LogP contribution >= 0.6 is 0 Å². The van der Waals surface area contributed by atoms with Crippen LogP contribution in [0.1, 0.15) is 34.5 Å². The Hall–Kier alpha value is -3.75. The van der Waals surface area contributed by atoms with E-state index in [2.05, 4.69) is 16.0 Å². The number of hydrogen-bond donors (Lipinski definition) is 3. The van der Waals surface area contributed by atoms with Gasteiger partial charge in [-0.15, -0.1) is 0 Å². The van der Waals surface area contributed by atoms with Crippen LogP contribution in [-0.2, 0) is 6.18 Å². The molecular formula is C21H18F3N3O3. The van der Waals surface area contributed by atoms with Crippen molar-refractivity contribution in [1.82, 2.24) is 5.32 Å². The van der Waals surface area contributed by atoms with Crippen molar-refractivity contribution in [3.8, 4) is 0 Å². The maximum Gasteiger partial charge on any atom is 0.418 e. The van der Waals surface area contributed by atoms with Gasteiger partial charge in [0.25, 0.3) is 5.91 Å². The number of benzene rings is 2. The molecule has 0 aliphatic rings. The number of rotatable bonds is 5. The summed E-state index contributed by atoms with van der Waals surface area (Å²) < 4.78 is 45.3. The fourth-order valence-electron chi connectivity index (χ4n) is 2.74. The van der Waals surface area contributed by atoms with Crippen molar-refractivity contribution < 1.29 is 27.2 Å². The zero-order valence-electron chi connectivity index (χ0n) is 15.8. The van der Waals surface area contributed by atoms with Crippen LogP contribution in [0, 0.1) is 0 Å². The molecule has 6 nitrogen and oxygen atoms in total. The third kappa shape index (κ3) is 5.19. The number of alkyl halides is 3. The summed E-state index contributed by atoms with van der Waals surface area (Å²) >= 11 is 0. The highest BCUT2D eigenvalue weighted by Crippen LogP contribution is 2.36. The first-order valence-corrected chi connectivity index (χ1v) is 8.91. The number of nitrogens with one attached hydrogen (secondary N) is 3. The highest BCUT2D eigenvalue weighted by atomic mass is 19.4. The molecule has 3 amide bonds. The van der Waals surface area contributed by atoms with Gasteiger partial charge in [0.05, 0.1) is 29.1 Å². The van der Waals surface area contributed by atoms with E-state index in [1.54, 1.807) is 31.2 Å². The number of halogens is 3. The van der Waals surface area contributed by atoms with Gasteiger partial charge in [-0.2, -0.15) is 13.2 Å². The number of urea groups is 1. The smallest absolute Gasteiger partial charge is 0.418 e. The number of hydrogen-bond acceptors (Lipinski definition) is 3. The minimum Gasteiger partial charge on any atom is -0.472 e. The number of carbonyl (C=O) groups excluding carboxylic acids is 2. The SMILES string of the molecule is CC(NC(=O)Nc1ccc(NC(=O)c2ccoc2)cc1C(F)(F)F)c1ccccc1. The average molecular weight is 417 g/mol. The van der Waals surface area contributed by atoms with E-state index in [0.29, 0.717) is 0 Å². The molecule has 3 aromatic rings. The Morgan fingerprint density at radius 3 is 2.37 bits per heavy atom. The van der Waals surface area contributed by atoms with Crippen molar-refractivity contribution in [2.24, 2.45) is 0 Å². The van der Waals surface area contributed by atoms with Crippen LogP contribution in [0.25, 0.3) is 0 Å². The lowest BCUT2D eigenvalue weighted by atomic mass is 10.1. The van der Waals surface area contributed by atoms with Gasteiger partial charge in [-0.25, -0.2) is 4.79 Å². The van der Waals surface area contributed by atoms with Gasteiger partial charge in [0.2, 0.25) is 0 Å².